The number of anilines is 1. The van der Waals surface area contributed by atoms with Crippen molar-refractivity contribution in [3.63, 3.8) is 0 Å². The third-order valence-electron chi connectivity index (χ3n) is 5.09. The maximum Gasteiger partial charge on any atom is 0.230 e. The van der Waals surface area contributed by atoms with Crippen molar-refractivity contribution in [3.05, 3.63) is 108 Å². The number of rotatable bonds is 6. The van der Waals surface area contributed by atoms with Crippen LogP contribution in [-0.4, -0.2) is 20.3 Å². The lowest BCUT2D eigenvalue weighted by Crippen LogP contribution is -2.15. The standard InChI is InChI=1S/C25H20N4OS/c30-24(27-21-8-6-18(7-9-21)14-19-10-12-26-13-11-19)15-22-17-31-25-28-23(16-29(22)25)20-4-2-1-3-5-20/h1-13,16-17H,14-15H2,(H,27,30). The fourth-order valence-corrected chi connectivity index (χ4v) is 4.39. The number of nitrogens with one attached hydrogen (secondary N) is 1. The summed E-state index contributed by atoms with van der Waals surface area (Å²) < 4.78 is 2.00. The molecular weight excluding hydrogens is 404 g/mol. The molecule has 5 aromatic rings. The van der Waals surface area contributed by atoms with Gasteiger partial charge in [0.25, 0.3) is 0 Å². The lowest BCUT2D eigenvalue weighted by Gasteiger charge is -2.07. The highest BCUT2D eigenvalue weighted by Crippen LogP contribution is 2.24. The van der Waals surface area contributed by atoms with Crippen LogP contribution in [0, 0.1) is 0 Å². The van der Waals surface area contributed by atoms with Crippen LogP contribution in [0.5, 0.6) is 0 Å². The molecule has 0 saturated heterocycles. The smallest absolute Gasteiger partial charge is 0.230 e. The predicted octanol–water partition coefficient (Wildman–Crippen LogP) is 5.23. The summed E-state index contributed by atoms with van der Waals surface area (Å²) in [5, 5.41) is 4.99. The predicted molar refractivity (Wildman–Crippen MR) is 124 cm³/mol. The zero-order valence-electron chi connectivity index (χ0n) is 16.7. The molecule has 3 aromatic heterocycles. The molecule has 3 heterocycles. The number of aromatic nitrogens is 3. The molecule has 5 rings (SSSR count). The maximum absolute atomic E-state index is 12.6. The summed E-state index contributed by atoms with van der Waals surface area (Å²) in [5.74, 6) is -0.0449. The highest BCUT2D eigenvalue weighted by atomic mass is 32.1. The Balaban J connectivity index is 1.25. The van der Waals surface area contributed by atoms with Crippen molar-refractivity contribution < 1.29 is 4.79 Å². The molecular formula is C25H20N4OS. The quantitative estimate of drug-likeness (QED) is 0.406. The lowest BCUT2D eigenvalue weighted by molar-refractivity contribution is -0.115. The molecule has 2 aromatic carbocycles. The van der Waals surface area contributed by atoms with Crippen molar-refractivity contribution in [2.24, 2.45) is 0 Å². The van der Waals surface area contributed by atoms with Gasteiger partial charge >= 0.3 is 0 Å². The minimum atomic E-state index is -0.0449. The second kappa shape index (κ2) is 8.53. The van der Waals surface area contributed by atoms with Crippen molar-refractivity contribution in [2.45, 2.75) is 12.8 Å². The first-order valence-electron chi connectivity index (χ1n) is 10.0. The van der Waals surface area contributed by atoms with Crippen molar-refractivity contribution in [1.29, 1.82) is 0 Å². The number of nitrogens with zero attached hydrogens (tertiary/aromatic N) is 3. The van der Waals surface area contributed by atoms with E-state index in [0.29, 0.717) is 6.42 Å². The molecule has 0 aliphatic heterocycles. The number of carbonyl (C=O) groups excluding carboxylic acids is 1. The van der Waals surface area contributed by atoms with E-state index in [4.69, 9.17) is 0 Å². The number of carbonyl (C=O) groups is 1. The summed E-state index contributed by atoms with van der Waals surface area (Å²) in [7, 11) is 0. The summed E-state index contributed by atoms with van der Waals surface area (Å²) in [6.07, 6.45) is 6.73. The average molecular weight is 425 g/mol. The van der Waals surface area contributed by atoms with Gasteiger partial charge in [0, 0.05) is 40.9 Å². The molecule has 0 bridgehead atoms. The molecule has 31 heavy (non-hydrogen) atoms. The van der Waals surface area contributed by atoms with Crippen molar-refractivity contribution in [3.8, 4) is 11.3 Å². The molecule has 0 saturated carbocycles. The van der Waals surface area contributed by atoms with Gasteiger partial charge in [-0.1, -0.05) is 42.5 Å². The van der Waals surface area contributed by atoms with Gasteiger partial charge in [-0.05, 0) is 41.8 Å². The lowest BCUT2D eigenvalue weighted by atomic mass is 10.1. The molecule has 0 aliphatic rings. The molecule has 152 valence electrons. The van der Waals surface area contributed by atoms with Gasteiger partial charge in [-0.15, -0.1) is 11.3 Å². The first-order chi connectivity index (χ1) is 15.2. The monoisotopic (exact) mass is 424 g/mol. The molecule has 0 radical (unpaired) electrons. The van der Waals surface area contributed by atoms with Crippen LogP contribution in [-0.2, 0) is 17.6 Å². The second-order valence-corrected chi connectivity index (χ2v) is 8.16. The van der Waals surface area contributed by atoms with E-state index in [1.807, 2.05) is 82.7 Å². The van der Waals surface area contributed by atoms with Crippen molar-refractivity contribution >= 4 is 27.9 Å². The zero-order chi connectivity index (χ0) is 21.0. The van der Waals surface area contributed by atoms with Gasteiger partial charge in [0.2, 0.25) is 5.91 Å². The third kappa shape index (κ3) is 4.39. The summed E-state index contributed by atoms with van der Waals surface area (Å²) >= 11 is 1.55. The molecule has 0 unspecified atom stereocenters. The Morgan fingerprint density at radius 1 is 0.935 bits per heavy atom. The van der Waals surface area contributed by atoms with E-state index in [1.54, 1.807) is 23.7 Å². The highest BCUT2D eigenvalue weighted by Gasteiger charge is 2.13. The normalized spacial score (nSPS) is 11.0. The molecule has 0 spiro atoms. The summed E-state index contributed by atoms with van der Waals surface area (Å²) in [5.41, 5.74) is 6.12. The number of hydrogen-bond donors (Lipinski definition) is 1. The highest BCUT2D eigenvalue weighted by molar-refractivity contribution is 7.15. The summed E-state index contributed by atoms with van der Waals surface area (Å²) in [6, 6.07) is 22.1. The topological polar surface area (TPSA) is 59.3 Å². The van der Waals surface area contributed by atoms with Gasteiger partial charge in [-0.2, -0.15) is 0 Å². The van der Waals surface area contributed by atoms with Crippen LogP contribution in [0.3, 0.4) is 0 Å². The van der Waals surface area contributed by atoms with E-state index in [-0.39, 0.29) is 5.91 Å². The fraction of sp³-hybridized carbons (Fsp3) is 0.0800. The van der Waals surface area contributed by atoms with Gasteiger partial charge in [0.15, 0.2) is 4.96 Å². The van der Waals surface area contributed by atoms with Gasteiger partial charge < -0.3 is 5.32 Å². The Kier molecular flexibility index (Phi) is 5.29. The molecule has 1 amide bonds. The van der Waals surface area contributed by atoms with E-state index in [2.05, 4.69) is 15.3 Å². The Hall–Kier alpha value is -3.77. The van der Waals surface area contributed by atoms with Crippen LogP contribution in [0.1, 0.15) is 16.8 Å². The number of amides is 1. The Bertz CT molecular complexity index is 1310. The van der Waals surface area contributed by atoms with Crippen molar-refractivity contribution in [1.82, 2.24) is 14.4 Å². The van der Waals surface area contributed by atoms with Gasteiger partial charge in [-0.3, -0.25) is 14.2 Å². The van der Waals surface area contributed by atoms with Gasteiger partial charge in [0.05, 0.1) is 12.1 Å². The largest absolute Gasteiger partial charge is 0.326 e. The molecule has 0 aliphatic carbocycles. The maximum atomic E-state index is 12.6. The van der Waals surface area contributed by atoms with Gasteiger partial charge in [-0.25, -0.2) is 4.98 Å². The Morgan fingerprint density at radius 3 is 2.45 bits per heavy atom. The number of benzene rings is 2. The van der Waals surface area contributed by atoms with Crippen LogP contribution < -0.4 is 5.32 Å². The summed E-state index contributed by atoms with van der Waals surface area (Å²) in [6.45, 7) is 0. The van der Waals surface area contributed by atoms with Crippen LogP contribution >= 0.6 is 11.3 Å². The molecule has 1 N–H and O–H groups in total. The first-order valence-corrected chi connectivity index (χ1v) is 10.9. The van der Waals surface area contributed by atoms with Crippen LogP contribution in [0.4, 0.5) is 5.69 Å². The van der Waals surface area contributed by atoms with E-state index >= 15 is 0 Å². The minimum Gasteiger partial charge on any atom is -0.326 e. The van der Waals surface area contributed by atoms with Crippen molar-refractivity contribution in [2.75, 3.05) is 5.32 Å². The Labute approximate surface area is 184 Å². The van der Waals surface area contributed by atoms with Crippen LogP contribution in [0.2, 0.25) is 0 Å². The number of thiazole rings is 1. The molecule has 5 nitrogen and oxygen atoms in total. The number of imidazole rings is 1. The van der Waals surface area contributed by atoms with Gasteiger partial charge in [0.1, 0.15) is 0 Å². The zero-order valence-corrected chi connectivity index (χ0v) is 17.5. The van der Waals surface area contributed by atoms with E-state index in [1.165, 1.54) is 11.1 Å². The number of hydrogen-bond acceptors (Lipinski definition) is 4. The Morgan fingerprint density at radius 2 is 1.68 bits per heavy atom. The van der Waals surface area contributed by atoms with E-state index in [9.17, 15) is 4.79 Å². The fourth-order valence-electron chi connectivity index (χ4n) is 3.52. The second-order valence-electron chi connectivity index (χ2n) is 7.33. The first kappa shape index (κ1) is 19.2. The molecule has 6 heteroatoms. The van der Waals surface area contributed by atoms with E-state index in [0.717, 1.165) is 34.0 Å². The average Bonchev–Trinajstić information content (AvgIpc) is 3.39. The van der Waals surface area contributed by atoms with E-state index < -0.39 is 0 Å². The number of fused-ring (bicyclic) bond motifs is 1. The summed E-state index contributed by atoms with van der Waals surface area (Å²) in [4.78, 5) is 22.3. The minimum absolute atomic E-state index is 0.0449. The van der Waals surface area contributed by atoms with Crippen LogP contribution in [0.25, 0.3) is 16.2 Å². The third-order valence-corrected chi connectivity index (χ3v) is 5.98. The molecule has 0 atom stereocenters. The SMILES string of the molecule is O=C(Cc1csc2nc(-c3ccccc3)cn12)Nc1ccc(Cc2ccncc2)cc1. The molecule has 0 fully saturated rings. The number of pyridine rings is 1. The van der Waals surface area contributed by atoms with Crippen LogP contribution in [0.15, 0.2) is 90.7 Å².